The van der Waals surface area contributed by atoms with Crippen LogP contribution in [0.25, 0.3) is 0 Å². The number of carbonyl (C=O) groups is 2. The molecule has 0 heterocycles. The van der Waals surface area contributed by atoms with Crippen LogP contribution in [0.1, 0.15) is 6.42 Å². The summed E-state index contributed by atoms with van der Waals surface area (Å²) in [5.41, 5.74) is 4.72. The maximum atomic E-state index is 10.6. The van der Waals surface area contributed by atoms with Crippen LogP contribution in [0, 0.1) is 4.91 Å². The predicted octanol–water partition coefficient (Wildman–Crippen LogP) is -1.32. The van der Waals surface area contributed by atoms with Gasteiger partial charge in [-0.05, 0) is 0 Å². The quantitative estimate of drug-likeness (QED) is 0.225. The Labute approximate surface area is 68.2 Å². The number of rotatable bonds is 6. The summed E-state index contributed by atoms with van der Waals surface area (Å²) in [5.74, 6) is -1.21. The molecule has 0 saturated heterocycles. The van der Waals surface area contributed by atoms with E-state index < -0.39 is 11.8 Å². The molecule has 0 aliphatic rings. The fourth-order valence-corrected chi connectivity index (χ4v) is 0.494. The molecule has 68 valence electrons. The summed E-state index contributed by atoms with van der Waals surface area (Å²) in [6.07, 6.45) is -0.367. The van der Waals surface area contributed by atoms with E-state index >= 15 is 0 Å². The zero-order valence-electron chi connectivity index (χ0n) is 6.28. The van der Waals surface area contributed by atoms with E-state index in [-0.39, 0.29) is 19.6 Å². The van der Waals surface area contributed by atoms with Crippen LogP contribution < -0.4 is 11.1 Å². The minimum atomic E-state index is -0.707. The first-order chi connectivity index (χ1) is 5.66. The Kier molecular flexibility index (Phi) is 5.24. The number of nitrogens with one attached hydrogen (secondary N) is 1. The standard InChI is InChI=1S/C5H9N3O4/c6-4(9)3-5(10)7-1-2-12-8-11/h1-3H2,(H2,6,9)(H,7,10). The van der Waals surface area contributed by atoms with Gasteiger partial charge in [0.25, 0.3) is 0 Å². The van der Waals surface area contributed by atoms with Crippen molar-refractivity contribution in [1.29, 1.82) is 0 Å². The Balaban J connectivity index is 3.31. The van der Waals surface area contributed by atoms with Gasteiger partial charge in [0, 0.05) is 0 Å². The van der Waals surface area contributed by atoms with Gasteiger partial charge < -0.3 is 15.9 Å². The summed E-state index contributed by atoms with van der Waals surface area (Å²) in [4.78, 5) is 34.2. The fourth-order valence-electron chi connectivity index (χ4n) is 0.494. The molecule has 0 fully saturated rings. The summed E-state index contributed by atoms with van der Waals surface area (Å²) >= 11 is 0. The number of carbonyl (C=O) groups excluding carboxylic acids is 2. The summed E-state index contributed by atoms with van der Waals surface area (Å²) in [5, 5.41) is 4.39. The summed E-state index contributed by atoms with van der Waals surface area (Å²) < 4.78 is 0. The molecule has 0 bridgehead atoms. The topological polar surface area (TPSA) is 111 Å². The van der Waals surface area contributed by atoms with Gasteiger partial charge in [-0.2, -0.15) is 0 Å². The maximum Gasteiger partial charge on any atom is 0.229 e. The molecule has 0 aromatic heterocycles. The molecule has 0 unspecified atom stereocenters. The van der Waals surface area contributed by atoms with E-state index in [1.54, 1.807) is 0 Å². The summed E-state index contributed by atoms with van der Waals surface area (Å²) in [6.45, 7) is 0.103. The summed E-state index contributed by atoms with van der Waals surface area (Å²) in [6, 6.07) is 0. The third kappa shape index (κ3) is 6.46. The lowest BCUT2D eigenvalue weighted by Gasteiger charge is -2.00. The van der Waals surface area contributed by atoms with Gasteiger partial charge in [-0.25, -0.2) is 0 Å². The molecular weight excluding hydrogens is 166 g/mol. The van der Waals surface area contributed by atoms with Crippen molar-refractivity contribution in [2.45, 2.75) is 6.42 Å². The number of nitrogens with zero attached hydrogens (tertiary/aromatic N) is 1. The van der Waals surface area contributed by atoms with Crippen LogP contribution in [-0.2, 0) is 14.4 Å². The van der Waals surface area contributed by atoms with Gasteiger partial charge in [0.2, 0.25) is 11.8 Å². The molecule has 0 aromatic carbocycles. The van der Waals surface area contributed by atoms with Gasteiger partial charge in [-0.1, -0.05) is 0 Å². The third-order valence-corrected chi connectivity index (χ3v) is 0.903. The van der Waals surface area contributed by atoms with E-state index in [1.807, 2.05) is 0 Å². The first kappa shape index (κ1) is 10.3. The Morgan fingerprint density at radius 3 is 2.67 bits per heavy atom. The van der Waals surface area contributed by atoms with Gasteiger partial charge in [0.05, 0.1) is 6.54 Å². The zero-order valence-corrected chi connectivity index (χ0v) is 6.28. The van der Waals surface area contributed by atoms with Crippen molar-refractivity contribution < 1.29 is 14.4 Å². The van der Waals surface area contributed by atoms with E-state index in [2.05, 4.69) is 15.5 Å². The van der Waals surface area contributed by atoms with Crippen molar-refractivity contribution in [3.63, 3.8) is 0 Å². The average molecular weight is 175 g/mol. The fraction of sp³-hybridized carbons (Fsp3) is 0.600. The molecule has 0 saturated carbocycles. The van der Waals surface area contributed by atoms with Crippen LogP contribution in [-0.4, -0.2) is 25.0 Å². The molecule has 3 N–H and O–H groups in total. The first-order valence-corrected chi connectivity index (χ1v) is 3.16. The van der Waals surface area contributed by atoms with Gasteiger partial charge in [-0.3, -0.25) is 9.59 Å². The van der Waals surface area contributed by atoms with Crippen LogP contribution in [0.4, 0.5) is 0 Å². The third-order valence-electron chi connectivity index (χ3n) is 0.903. The van der Waals surface area contributed by atoms with Crippen molar-refractivity contribution in [3.05, 3.63) is 4.91 Å². The number of primary amides is 1. The Bertz CT molecular complexity index is 182. The molecule has 7 nitrogen and oxygen atoms in total. The lowest BCUT2D eigenvalue weighted by atomic mass is 10.4. The monoisotopic (exact) mass is 175 g/mol. The van der Waals surface area contributed by atoms with Gasteiger partial charge >= 0.3 is 0 Å². The molecule has 0 atom stereocenters. The molecule has 0 aromatic rings. The Hall–Kier alpha value is -1.66. The smallest absolute Gasteiger partial charge is 0.229 e. The SMILES string of the molecule is NC(=O)CC(=O)NCCON=O. The van der Waals surface area contributed by atoms with E-state index in [0.717, 1.165) is 0 Å². The molecular formula is C5H9N3O4. The Morgan fingerprint density at radius 1 is 1.50 bits per heavy atom. The molecule has 0 aliphatic carbocycles. The highest BCUT2D eigenvalue weighted by atomic mass is 16.7. The molecule has 0 rings (SSSR count). The van der Waals surface area contributed by atoms with Crippen LogP contribution >= 0.6 is 0 Å². The van der Waals surface area contributed by atoms with Crippen LogP contribution in [0.5, 0.6) is 0 Å². The van der Waals surface area contributed by atoms with E-state index in [1.165, 1.54) is 0 Å². The molecule has 0 spiro atoms. The average Bonchev–Trinajstić information content (AvgIpc) is 1.97. The minimum absolute atomic E-state index is 0.0198. The molecule has 0 radical (unpaired) electrons. The van der Waals surface area contributed by atoms with Crippen LogP contribution in [0.3, 0.4) is 0 Å². The zero-order chi connectivity index (χ0) is 9.40. The highest BCUT2D eigenvalue weighted by Crippen LogP contribution is 1.77. The highest BCUT2D eigenvalue weighted by molar-refractivity contribution is 5.95. The van der Waals surface area contributed by atoms with E-state index in [0.29, 0.717) is 0 Å². The van der Waals surface area contributed by atoms with E-state index in [9.17, 15) is 14.5 Å². The first-order valence-electron chi connectivity index (χ1n) is 3.16. The van der Waals surface area contributed by atoms with Crippen molar-refractivity contribution >= 4 is 11.8 Å². The van der Waals surface area contributed by atoms with Crippen LogP contribution in [0.15, 0.2) is 5.34 Å². The van der Waals surface area contributed by atoms with Crippen molar-refractivity contribution in [2.75, 3.05) is 13.2 Å². The van der Waals surface area contributed by atoms with Gasteiger partial charge in [-0.15, -0.1) is 4.91 Å². The molecule has 0 aliphatic heterocycles. The second-order valence-electron chi connectivity index (χ2n) is 1.90. The van der Waals surface area contributed by atoms with Crippen molar-refractivity contribution in [2.24, 2.45) is 11.1 Å². The lowest BCUT2D eigenvalue weighted by Crippen LogP contribution is -2.30. The Morgan fingerprint density at radius 2 is 2.17 bits per heavy atom. The largest absolute Gasteiger partial charge is 0.369 e. The second kappa shape index (κ2) is 6.08. The normalized spacial score (nSPS) is 8.67. The maximum absolute atomic E-state index is 10.6. The minimum Gasteiger partial charge on any atom is -0.369 e. The molecule has 7 heteroatoms. The number of amides is 2. The summed E-state index contributed by atoms with van der Waals surface area (Å²) in [7, 11) is 0. The highest BCUT2D eigenvalue weighted by Gasteiger charge is 2.03. The number of hydrogen-bond acceptors (Lipinski definition) is 5. The number of nitrogens with two attached hydrogens (primary N) is 1. The lowest BCUT2D eigenvalue weighted by molar-refractivity contribution is -0.127. The number of hydrogen-bond donors (Lipinski definition) is 2. The van der Waals surface area contributed by atoms with Crippen molar-refractivity contribution in [1.82, 2.24) is 5.32 Å². The molecule has 12 heavy (non-hydrogen) atoms. The second-order valence-corrected chi connectivity index (χ2v) is 1.90. The van der Waals surface area contributed by atoms with Gasteiger partial charge in [0.1, 0.15) is 13.0 Å². The van der Waals surface area contributed by atoms with E-state index in [4.69, 9.17) is 5.73 Å². The van der Waals surface area contributed by atoms with Gasteiger partial charge in [0.15, 0.2) is 5.34 Å². The molecule has 2 amide bonds. The van der Waals surface area contributed by atoms with Crippen LogP contribution in [0.2, 0.25) is 0 Å². The van der Waals surface area contributed by atoms with Crippen molar-refractivity contribution in [3.8, 4) is 0 Å². The predicted molar refractivity (Wildman–Crippen MR) is 38.6 cm³/mol.